The number of rotatable bonds is 7. The third-order valence-electron chi connectivity index (χ3n) is 4.30. The van der Waals surface area contributed by atoms with Gasteiger partial charge >= 0.3 is 0 Å². The van der Waals surface area contributed by atoms with Crippen LogP contribution in [0.2, 0.25) is 0 Å². The summed E-state index contributed by atoms with van der Waals surface area (Å²) in [5, 5.41) is 16.5. The van der Waals surface area contributed by atoms with Crippen molar-refractivity contribution in [2.24, 2.45) is 7.05 Å². The molecular formula is C20H23N5O2S2. The van der Waals surface area contributed by atoms with Crippen LogP contribution in [-0.4, -0.2) is 38.9 Å². The smallest absolute Gasteiger partial charge is 0.243 e. The topological polar surface area (TPSA) is 88.9 Å². The fourth-order valence-electron chi connectivity index (χ4n) is 2.98. The van der Waals surface area contributed by atoms with Crippen molar-refractivity contribution in [3.63, 3.8) is 0 Å². The summed E-state index contributed by atoms with van der Waals surface area (Å²) in [4.78, 5) is 25.4. The molecule has 0 aliphatic heterocycles. The van der Waals surface area contributed by atoms with Crippen molar-refractivity contribution in [1.82, 2.24) is 20.1 Å². The second kappa shape index (κ2) is 9.23. The Bertz CT molecular complexity index is 1000. The predicted molar refractivity (Wildman–Crippen MR) is 117 cm³/mol. The van der Waals surface area contributed by atoms with Crippen LogP contribution in [0.4, 0.5) is 5.69 Å². The van der Waals surface area contributed by atoms with E-state index in [1.54, 1.807) is 11.3 Å². The Morgan fingerprint density at radius 2 is 1.86 bits per heavy atom. The summed E-state index contributed by atoms with van der Waals surface area (Å²) in [6.07, 6.45) is 0. The number of hydrogen-bond donors (Lipinski definition) is 2. The first-order chi connectivity index (χ1) is 13.8. The molecule has 2 aromatic heterocycles. The van der Waals surface area contributed by atoms with Gasteiger partial charge in [-0.2, -0.15) is 0 Å². The highest BCUT2D eigenvalue weighted by Gasteiger charge is 2.14. The summed E-state index contributed by atoms with van der Waals surface area (Å²) < 4.78 is 1.86. The standard InChI is InChI=1S/C20H23N5O2S2/c1-12-8-13(2)18(14(3)9-12)22-16(26)10-21-17(27)11-29-20-24-23-19(25(20)4)15-6-5-7-28-15/h5-9H,10-11H2,1-4H3,(H,21,27)(H,22,26). The number of benzene rings is 1. The molecule has 0 aliphatic rings. The number of carbonyl (C=O) groups excluding carboxylic acids is 2. The molecule has 9 heteroatoms. The highest BCUT2D eigenvalue weighted by atomic mass is 32.2. The molecule has 29 heavy (non-hydrogen) atoms. The normalized spacial score (nSPS) is 10.8. The number of nitrogens with one attached hydrogen (secondary N) is 2. The van der Waals surface area contributed by atoms with E-state index in [4.69, 9.17) is 0 Å². The molecule has 0 unspecified atom stereocenters. The minimum atomic E-state index is -0.253. The summed E-state index contributed by atoms with van der Waals surface area (Å²) >= 11 is 2.87. The Labute approximate surface area is 177 Å². The van der Waals surface area contributed by atoms with Gasteiger partial charge in [-0.05, 0) is 43.3 Å². The maximum Gasteiger partial charge on any atom is 0.243 e. The summed E-state index contributed by atoms with van der Waals surface area (Å²) in [7, 11) is 1.87. The van der Waals surface area contributed by atoms with E-state index in [9.17, 15) is 9.59 Å². The molecule has 0 fully saturated rings. The molecule has 0 aliphatic carbocycles. The molecule has 2 heterocycles. The Balaban J connectivity index is 1.49. The summed E-state index contributed by atoms with van der Waals surface area (Å²) in [6.45, 7) is 5.85. The predicted octanol–water partition coefficient (Wildman–Crippen LogP) is 3.32. The van der Waals surface area contributed by atoms with E-state index in [1.807, 2.05) is 62.0 Å². The van der Waals surface area contributed by atoms with E-state index in [0.717, 1.165) is 33.1 Å². The average Bonchev–Trinajstić information content (AvgIpc) is 3.31. The van der Waals surface area contributed by atoms with E-state index >= 15 is 0 Å². The maximum absolute atomic E-state index is 12.2. The maximum atomic E-state index is 12.2. The molecule has 3 rings (SSSR count). The number of thioether (sulfide) groups is 1. The minimum Gasteiger partial charge on any atom is -0.346 e. The molecule has 1 aromatic carbocycles. The van der Waals surface area contributed by atoms with Gasteiger partial charge in [0.2, 0.25) is 11.8 Å². The molecule has 2 amide bonds. The van der Waals surface area contributed by atoms with E-state index in [1.165, 1.54) is 11.8 Å². The van der Waals surface area contributed by atoms with Crippen molar-refractivity contribution >= 4 is 40.6 Å². The van der Waals surface area contributed by atoms with Gasteiger partial charge in [0.25, 0.3) is 0 Å². The molecule has 0 saturated heterocycles. The lowest BCUT2D eigenvalue weighted by Crippen LogP contribution is -2.34. The number of carbonyl (C=O) groups is 2. The number of nitrogens with zero attached hydrogens (tertiary/aromatic N) is 3. The number of aromatic nitrogens is 3. The van der Waals surface area contributed by atoms with Gasteiger partial charge in [-0.3, -0.25) is 9.59 Å². The third-order valence-corrected chi connectivity index (χ3v) is 6.18. The van der Waals surface area contributed by atoms with Gasteiger partial charge in [0, 0.05) is 12.7 Å². The zero-order valence-corrected chi connectivity index (χ0v) is 18.4. The molecule has 0 spiro atoms. The van der Waals surface area contributed by atoms with E-state index in [-0.39, 0.29) is 24.1 Å². The molecule has 0 radical (unpaired) electrons. The van der Waals surface area contributed by atoms with Crippen molar-refractivity contribution in [1.29, 1.82) is 0 Å². The monoisotopic (exact) mass is 429 g/mol. The van der Waals surface area contributed by atoms with Crippen molar-refractivity contribution in [3.8, 4) is 10.7 Å². The molecule has 0 bridgehead atoms. The van der Waals surface area contributed by atoms with Crippen LogP contribution in [0.15, 0.2) is 34.8 Å². The van der Waals surface area contributed by atoms with Gasteiger partial charge in [-0.15, -0.1) is 21.5 Å². The van der Waals surface area contributed by atoms with Crippen LogP contribution >= 0.6 is 23.1 Å². The third kappa shape index (κ3) is 5.24. The van der Waals surface area contributed by atoms with E-state index in [2.05, 4.69) is 20.8 Å². The molecule has 3 aromatic rings. The number of anilines is 1. The quantitative estimate of drug-likeness (QED) is 0.563. The Morgan fingerprint density at radius 1 is 1.14 bits per heavy atom. The molecule has 7 nitrogen and oxygen atoms in total. The fourth-order valence-corrected chi connectivity index (χ4v) is 4.47. The van der Waals surface area contributed by atoms with Crippen LogP contribution in [-0.2, 0) is 16.6 Å². The molecule has 0 saturated carbocycles. The Hall–Kier alpha value is -2.65. The number of hydrogen-bond acceptors (Lipinski definition) is 6. The van der Waals surface area contributed by atoms with Gasteiger partial charge in [0.1, 0.15) is 0 Å². The van der Waals surface area contributed by atoms with E-state index in [0.29, 0.717) is 5.16 Å². The summed E-state index contributed by atoms with van der Waals surface area (Å²) in [6, 6.07) is 7.97. The second-order valence-corrected chi connectivity index (χ2v) is 8.62. The first kappa shape index (κ1) is 21.1. The number of aryl methyl sites for hydroxylation is 3. The lowest BCUT2D eigenvalue weighted by molar-refractivity contribution is -0.122. The minimum absolute atomic E-state index is 0.0780. The van der Waals surface area contributed by atoms with Crippen LogP contribution in [0, 0.1) is 20.8 Å². The van der Waals surface area contributed by atoms with Crippen LogP contribution < -0.4 is 10.6 Å². The van der Waals surface area contributed by atoms with Crippen LogP contribution in [0.25, 0.3) is 10.7 Å². The first-order valence-electron chi connectivity index (χ1n) is 9.05. The van der Waals surface area contributed by atoms with Crippen molar-refractivity contribution in [2.75, 3.05) is 17.6 Å². The number of thiophene rings is 1. The lowest BCUT2D eigenvalue weighted by atomic mass is 10.1. The Kier molecular flexibility index (Phi) is 6.71. The second-order valence-electron chi connectivity index (χ2n) is 6.73. The molecular weight excluding hydrogens is 406 g/mol. The van der Waals surface area contributed by atoms with Crippen molar-refractivity contribution in [3.05, 3.63) is 46.3 Å². The summed E-state index contributed by atoms with van der Waals surface area (Å²) in [5.74, 6) is 0.443. The lowest BCUT2D eigenvalue weighted by Gasteiger charge is -2.13. The van der Waals surface area contributed by atoms with Crippen LogP contribution in [0.5, 0.6) is 0 Å². The Morgan fingerprint density at radius 3 is 2.52 bits per heavy atom. The molecule has 152 valence electrons. The highest BCUT2D eigenvalue weighted by molar-refractivity contribution is 7.99. The van der Waals surface area contributed by atoms with Gasteiger partial charge in [-0.1, -0.05) is 35.5 Å². The highest BCUT2D eigenvalue weighted by Crippen LogP contribution is 2.26. The van der Waals surface area contributed by atoms with Crippen molar-refractivity contribution in [2.45, 2.75) is 25.9 Å². The van der Waals surface area contributed by atoms with Crippen LogP contribution in [0.3, 0.4) is 0 Å². The van der Waals surface area contributed by atoms with Crippen molar-refractivity contribution < 1.29 is 9.59 Å². The largest absolute Gasteiger partial charge is 0.346 e. The van der Waals surface area contributed by atoms with Gasteiger partial charge < -0.3 is 15.2 Å². The average molecular weight is 430 g/mol. The van der Waals surface area contributed by atoms with E-state index < -0.39 is 0 Å². The number of amides is 2. The molecule has 0 atom stereocenters. The van der Waals surface area contributed by atoms with Gasteiger partial charge in [0.15, 0.2) is 11.0 Å². The summed E-state index contributed by atoms with van der Waals surface area (Å²) in [5.41, 5.74) is 3.95. The van der Waals surface area contributed by atoms with Gasteiger partial charge in [0.05, 0.1) is 17.2 Å². The first-order valence-corrected chi connectivity index (χ1v) is 10.9. The SMILES string of the molecule is Cc1cc(C)c(NC(=O)CNC(=O)CSc2nnc(-c3cccs3)n2C)c(C)c1. The van der Waals surface area contributed by atoms with Crippen LogP contribution in [0.1, 0.15) is 16.7 Å². The molecule has 2 N–H and O–H groups in total. The fraction of sp³-hybridized carbons (Fsp3) is 0.300. The zero-order valence-electron chi connectivity index (χ0n) is 16.8. The zero-order chi connectivity index (χ0) is 21.0. The van der Waals surface area contributed by atoms with Gasteiger partial charge in [-0.25, -0.2) is 0 Å².